The van der Waals surface area contributed by atoms with Crippen LogP contribution >= 0.6 is 11.3 Å². The van der Waals surface area contributed by atoms with Gasteiger partial charge in [-0.1, -0.05) is 6.42 Å². The standard InChI is InChI=1S/C15H23FN2OS/c16-14-9-18(10-15(14)19)8-13-6-12(11-20-13)7-17-4-2-1-3-5-17/h6,11,14-15,19H,1-5,7-10H2/t14-,15-/m1/s1. The molecule has 2 fully saturated rings. The van der Waals surface area contributed by atoms with E-state index in [1.807, 2.05) is 4.90 Å². The number of hydrogen-bond acceptors (Lipinski definition) is 4. The topological polar surface area (TPSA) is 26.7 Å². The summed E-state index contributed by atoms with van der Waals surface area (Å²) in [5.74, 6) is 0. The fourth-order valence-corrected chi connectivity index (χ4v) is 4.06. The van der Waals surface area contributed by atoms with Gasteiger partial charge >= 0.3 is 0 Å². The number of piperidine rings is 1. The molecule has 0 radical (unpaired) electrons. The van der Waals surface area contributed by atoms with Crippen molar-refractivity contribution in [3.8, 4) is 0 Å². The number of nitrogens with zero attached hydrogens (tertiary/aromatic N) is 2. The SMILES string of the molecule is O[C@@H]1CN(Cc2cc(CN3CCCCC3)cs2)C[C@H]1F. The van der Waals surface area contributed by atoms with Crippen LogP contribution in [0.15, 0.2) is 11.4 Å². The van der Waals surface area contributed by atoms with Crippen LogP contribution in [0.1, 0.15) is 29.7 Å². The molecule has 3 nitrogen and oxygen atoms in total. The van der Waals surface area contributed by atoms with Crippen LogP contribution in [0.25, 0.3) is 0 Å². The minimum atomic E-state index is -1.08. The van der Waals surface area contributed by atoms with E-state index < -0.39 is 12.3 Å². The van der Waals surface area contributed by atoms with Crippen LogP contribution in [-0.2, 0) is 13.1 Å². The minimum Gasteiger partial charge on any atom is -0.389 e. The van der Waals surface area contributed by atoms with Crippen LogP contribution in [0.2, 0.25) is 0 Å². The van der Waals surface area contributed by atoms with Gasteiger partial charge in [0.2, 0.25) is 0 Å². The van der Waals surface area contributed by atoms with E-state index in [1.54, 1.807) is 11.3 Å². The molecule has 1 aromatic rings. The Bertz CT molecular complexity index is 423. The lowest BCUT2D eigenvalue weighted by Crippen LogP contribution is -2.28. The molecule has 5 heteroatoms. The summed E-state index contributed by atoms with van der Waals surface area (Å²) >= 11 is 1.76. The van der Waals surface area contributed by atoms with Crippen LogP contribution in [0.4, 0.5) is 4.39 Å². The maximum absolute atomic E-state index is 13.3. The van der Waals surface area contributed by atoms with Gasteiger partial charge in [0.05, 0.1) is 6.10 Å². The summed E-state index contributed by atoms with van der Waals surface area (Å²) in [7, 11) is 0. The van der Waals surface area contributed by atoms with Crippen LogP contribution in [0.5, 0.6) is 0 Å². The van der Waals surface area contributed by atoms with Gasteiger partial charge in [-0.3, -0.25) is 9.80 Å². The van der Waals surface area contributed by atoms with Gasteiger partial charge in [0.1, 0.15) is 6.17 Å². The van der Waals surface area contributed by atoms with E-state index in [-0.39, 0.29) is 0 Å². The Balaban J connectivity index is 1.51. The quantitative estimate of drug-likeness (QED) is 0.923. The smallest absolute Gasteiger partial charge is 0.140 e. The lowest BCUT2D eigenvalue weighted by molar-refractivity contribution is 0.115. The number of likely N-dealkylation sites (tertiary alicyclic amines) is 2. The normalized spacial score (nSPS) is 29.1. The van der Waals surface area contributed by atoms with Gasteiger partial charge < -0.3 is 5.11 Å². The maximum atomic E-state index is 13.3. The Morgan fingerprint density at radius 2 is 1.95 bits per heavy atom. The number of aliphatic hydroxyl groups excluding tert-OH is 1. The first-order valence-corrected chi connectivity index (χ1v) is 8.42. The summed E-state index contributed by atoms with van der Waals surface area (Å²) in [5, 5.41) is 11.7. The van der Waals surface area contributed by atoms with Crippen LogP contribution in [-0.4, -0.2) is 53.4 Å². The molecule has 112 valence electrons. The van der Waals surface area contributed by atoms with E-state index >= 15 is 0 Å². The number of aliphatic hydroxyl groups is 1. The molecule has 0 spiro atoms. The van der Waals surface area contributed by atoms with E-state index in [2.05, 4.69) is 16.3 Å². The van der Waals surface area contributed by atoms with Crippen molar-refractivity contribution < 1.29 is 9.50 Å². The molecule has 3 rings (SSSR count). The summed E-state index contributed by atoms with van der Waals surface area (Å²) in [4.78, 5) is 5.80. The van der Waals surface area contributed by atoms with Crippen molar-refractivity contribution in [3.05, 3.63) is 21.9 Å². The maximum Gasteiger partial charge on any atom is 0.140 e. The zero-order chi connectivity index (χ0) is 13.9. The third kappa shape index (κ3) is 3.58. The molecule has 0 aliphatic carbocycles. The molecule has 3 heterocycles. The van der Waals surface area contributed by atoms with Crippen LogP contribution in [0.3, 0.4) is 0 Å². The molecule has 0 amide bonds. The van der Waals surface area contributed by atoms with Crippen molar-refractivity contribution in [2.75, 3.05) is 26.2 Å². The molecule has 1 N–H and O–H groups in total. The van der Waals surface area contributed by atoms with Gasteiger partial charge in [0.15, 0.2) is 0 Å². The number of halogens is 1. The third-order valence-electron chi connectivity index (χ3n) is 4.24. The van der Waals surface area contributed by atoms with Gasteiger partial charge in [-0.2, -0.15) is 0 Å². The van der Waals surface area contributed by atoms with Crippen molar-refractivity contribution in [2.24, 2.45) is 0 Å². The largest absolute Gasteiger partial charge is 0.389 e. The second-order valence-corrected chi connectivity index (χ2v) is 7.03. The van der Waals surface area contributed by atoms with Gasteiger partial charge in [0, 0.05) is 31.1 Å². The highest BCUT2D eigenvalue weighted by atomic mass is 32.1. The molecular formula is C15H23FN2OS. The second kappa shape index (κ2) is 6.52. The van der Waals surface area contributed by atoms with E-state index in [4.69, 9.17) is 0 Å². The van der Waals surface area contributed by atoms with Crippen LogP contribution in [0, 0.1) is 0 Å². The number of alkyl halides is 1. The predicted molar refractivity (Wildman–Crippen MR) is 79.6 cm³/mol. The first-order valence-electron chi connectivity index (χ1n) is 7.54. The van der Waals surface area contributed by atoms with Crippen molar-refractivity contribution >= 4 is 11.3 Å². The number of hydrogen-bond donors (Lipinski definition) is 1. The summed E-state index contributed by atoms with van der Waals surface area (Å²) in [6.45, 7) is 5.06. The molecular weight excluding hydrogens is 275 g/mol. The van der Waals surface area contributed by atoms with Crippen molar-refractivity contribution in [1.82, 2.24) is 9.80 Å². The van der Waals surface area contributed by atoms with Crippen molar-refractivity contribution in [1.29, 1.82) is 0 Å². The fourth-order valence-electron chi connectivity index (χ4n) is 3.14. The molecule has 2 aliphatic rings. The van der Waals surface area contributed by atoms with Gasteiger partial charge in [-0.05, 0) is 42.9 Å². The van der Waals surface area contributed by atoms with E-state index in [1.165, 1.54) is 42.8 Å². The molecule has 2 saturated heterocycles. The average Bonchev–Trinajstić information content (AvgIpc) is 2.99. The number of β-amino-alcohol motifs (C(OH)–C–C–N with tert-alkyl or cyclic N) is 1. The van der Waals surface area contributed by atoms with Crippen molar-refractivity contribution in [2.45, 2.75) is 44.6 Å². The lowest BCUT2D eigenvalue weighted by atomic mass is 10.1. The fraction of sp³-hybridized carbons (Fsp3) is 0.733. The molecule has 20 heavy (non-hydrogen) atoms. The Hall–Kier alpha value is -0.490. The van der Waals surface area contributed by atoms with Gasteiger partial charge in [0.25, 0.3) is 0 Å². The molecule has 0 bridgehead atoms. The van der Waals surface area contributed by atoms with Crippen molar-refractivity contribution in [3.63, 3.8) is 0 Å². The highest BCUT2D eigenvalue weighted by molar-refractivity contribution is 7.10. The van der Waals surface area contributed by atoms with Gasteiger partial charge in [-0.15, -0.1) is 11.3 Å². The average molecular weight is 298 g/mol. The Kier molecular flexibility index (Phi) is 4.71. The summed E-state index contributed by atoms with van der Waals surface area (Å²) in [5.41, 5.74) is 1.38. The molecule has 1 aromatic heterocycles. The first-order chi connectivity index (χ1) is 9.70. The summed E-state index contributed by atoms with van der Waals surface area (Å²) in [6, 6.07) is 2.25. The Labute approximate surface area is 124 Å². The van der Waals surface area contributed by atoms with E-state index in [0.717, 1.165) is 13.1 Å². The van der Waals surface area contributed by atoms with E-state index in [0.29, 0.717) is 13.1 Å². The predicted octanol–water partition coefficient (Wildman–Crippen LogP) is 2.25. The third-order valence-corrected chi connectivity index (χ3v) is 5.21. The molecule has 0 unspecified atom stereocenters. The van der Waals surface area contributed by atoms with Gasteiger partial charge in [-0.25, -0.2) is 4.39 Å². The van der Waals surface area contributed by atoms with Crippen LogP contribution < -0.4 is 0 Å². The second-order valence-electron chi connectivity index (χ2n) is 6.04. The zero-order valence-electron chi connectivity index (χ0n) is 11.8. The summed E-state index contributed by atoms with van der Waals surface area (Å²) in [6.07, 6.45) is 2.12. The van der Waals surface area contributed by atoms with E-state index in [9.17, 15) is 9.50 Å². The minimum absolute atomic E-state index is 0.362. The number of thiophene rings is 1. The Morgan fingerprint density at radius 1 is 1.15 bits per heavy atom. The number of rotatable bonds is 4. The monoisotopic (exact) mass is 298 g/mol. The molecule has 2 atom stereocenters. The highest BCUT2D eigenvalue weighted by Gasteiger charge is 2.31. The molecule has 0 aromatic carbocycles. The Morgan fingerprint density at radius 3 is 2.65 bits per heavy atom. The zero-order valence-corrected chi connectivity index (χ0v) is 12.6. The molecule has 0 saturated carbocycles. The molecule has 2 aliphatic heterocycles. The lowest BCUT2D eigenvalue weighted by Gasteiger charge is -2.25. The highest BCUT2D eigenvalue weighted by Crippen LogP contribution is 2.22. The first kappa shape index (κ1) is 14.4. The summed E-state index contributed by atoms with van der Waals surface area (Å²) < 4.78 is 13.3.